The van der Waals surface area contributed by atoms with Gasteiger partial charge in [0, 0.05) is 21.9 Å². The first-order valence-electron chi connectivity index (χ1n) is 8.28. The molecule has 8 nitrogen and oxygen atoms in total. The molecule has 1 aromatic carbocycles. The highest BCUT2D eigenvalue weighted by molar-refractivity contribution is 9.10. The molecule has 1 N–H and O–H groups in total. The number of nitrogens with one attached hydrogen (secondary N) is 1. The summed E-state index contributed by atoms with van der Waals surface area (Å²) in [5.41, 5.74) is 2.76. The zero-order chi connectivity index (χ0) is 19.0. The number of nitrogens with zero attached hydrogens (tertiary/aromatic N) is 6. The number of anilines is 1. The van der Waals surface area contributed by atoms with Gasteiger partial charge in [-0.3, -0.25) is 4.79 Å². The minimum absolute atomic E-state index is 0.0626. The summed E-state index contributed by atoms with van der Waals surface area (Å²) in [7, 11) is 0. The van der Waals surface area contributed by atoms with Gasteiger partial charge in [-0.15, -0.1) is 5.10 Å². The highest BCUT2D eigenvalue weighted by atomic mass is 79.9. The summed E-state index contributed by atoms with van der Waals surface area (Å²) in [6.45, 7) is 4.31. The zero-order valence-electron chi connectivity index (χ0n) is 14.7. The van der Waals surface area contributed by atoms with E-state index in [9.17, 15) is 4.79 Å². The number of carbonyl (C=O) groups excluding carboxylic acids is 1. The third-order valence-electron chi connectivity index (χ3n) is 4.03. The lowest BCUT2D eigenvalue weighted by atomic mass is 10.2. The van der Waals surface area contributed by atoms with Crippen molar-refractivity contribution in [2.45, 2.75) is 20.4 Å². The second-order valence-electron chi connectivity index (χ2n) is 6.14. The van der Waals surface area contributed by atoms with Gasteiger partial charge in [0.25, 0.3) is 11.7 Å². The minimum Gasteiger partial charge on any atom is -0.304 e. The monoisotopic (exact) mass is 425 g/mol. The van der Waals surface area contributed by atoms with Crippen LogP contribution in [0.1, 0.15) is 27.6 Å². The average Bonchev–Trinajstić information content (AvgIpc) is 3.24. The number of fused-ring (bicyclic) bond motifs is 1. The molecule has 0 aliphatic heterocycles. The van der Waals surface area contributed by atoms with Crippen molar-refractivity contribution in [3.8, 4) is 0 Å². The van der Waals surface area contributed by atoms with Crippen LogP contribution in [0.3, 0.4) is 0 Å². The summed E-state index contributed by atoms with van der Waals surface area (Å²) >= 11 is 3.42. The second-order valence-corrected chi connectivity index (χ2v) is 7.06. The lowest BCUT2D eigenvalue weighted by molar-refractivity contribution is 0.101. The van der Waals surface area contributed by atoms with Crippen LogP contribution in [-0.4, -0.2) is 35.3 Å². The molecule has 27 heavy (non-hydrogen) atoms. The summed E-state index contributed by atoms with van der Waals surface area (Å²) in [6, 6.07) is 11.6. The van der Waals surface area contributed by atoms with Gasteiger partial charge in [0.1, 0.15) is 5.82 Å². The van der Waals surface area contributed by atoms with Crippen molar-refractivity contribution in [3.05, 3.63) is 69.8 Å². The Bertz CT molecular complexity index is 1130. The van der Waals surface area contributed by atoms with Crippen LogP contribution in [0.5, 0.6) is 0 Å². The summed E-state index contributed by atoms with van der Waals surface area (Å²) < 4.78 is 4.28. The van der Waals surface area contributed by atoms with E-state index in [2.05, 4.69) is 41.4 Å². The van der Waals surface area contributed by atoms with E-state index in [4.69, 9.17) is 0 Å². The normalized spacial score (nSPS) is 11.1. The lowest BCUT2D eigenvalue weighted by Crippen LogP contribution is -2.17. The number of aromatic nitrogens is 6. The maximum absolute atomic E-state index is 12.6. The maximum Gasteiger partial charge on any atom is 0.296 e. The number of benzene rings is 1. The second kappa shape index (κ2) is 6.92. The third kappa shape index (κ3) is 3.59. The van der Waals surface area contributed by atoms with Gasteiger partial charge < -0.3 is 5.32 Å². The molecule has 4 rings (SSSR count). The van der Waals surface area contributed by atoms with Crippen LogP contribution < -0.4 is 5.32 Å². The highest BCUT2D eigenvalue weighted by Gasteiger charge is 2.17. The van der Waals surface area contributed by atoms with Crippen LogP contribution in [0.25, 0.3) is 5.78 Å². The molecule has 0 unspecified atom stereocenters. The topological polar surface area (TPSA) is 90.0 Å². The molecule has 0 aliphatic rings. The number of hydrogen-bond donors (Lipinski definition) is 1. The van der Waals surface area contributed by atoms with Crippen LogP contribution in [-0.2, 0) is 6.54 Å². The van der Waals surface area contributed by atoms with E-state index < -0.39 is 5.91 Å². The van der Waals surface area contributed by atoms with Crippen LogP contribution in [0.15, 0.2) is 47.1 Å². The molecule has 0 spiro atoms. The van der Waals surface area contributed by atoms with Gasteiger partial charge in [-0.1, -0.05) is 28.1 Å². The van der Waals surface area contributed by atoms with Crippen molar-refractivity contribution in [1.29, 1.82) is 0 Å². The first-order chi connectivity index (χ1) is 13.0. The smallest absolute Gasteiger partial charge is 0.296 e. The maximum atomic E-state index is 12.6. The average molecular weight is 426 g/mol. The Morgan fingerprint density at radius 2 is 1.93 bits per heavy atom. The molecule has 0 bridgehead atoms. The fraction of sp³-hybridized carbons (Fsp3) is 0.167. The molecule has 0 saturated heterocycles. The van der Waals surface area contributed by atoms with Crippen molar-refractivity contribution in [3.63, 3.8) is 0 Å². The molecule has 9 heteroatoms. The summed E-state index contributed by atoms with van der Waals surface area (Å²) in [5, 5.41) is 11.4. The van der Waals surface area contributed by atoms with Gasteiger partial charge in [-0.2, -0.15) is 10.1 Å². The van der Waals surface area contributed by atoms with Crippen molar-refractivity contribution in [2.75, 3.05) is 5.32 Å². The molecule has 3 heterocycles. The number of carbonyl (C=O) groups is 1. The van der Waals surface area contributed by atoms with Crippen LogP contribution >= 0.6 is 15.9 Å². The molecular weight excluding hydrogens is 410 g/mol. The van der Waals surface area contributed by atoms with E-state index in [0.29, 0.717) is 18.1 Å². The number of aryl methyl sites for hydroxylation is 2. The van der Waals surface area contributed by atoms with E-state index in [1.54, 1.807) is 21.5 Å². The van der Waals surface area contributed by atoms with Gasteiger partial charge in [0.05, 0.1) is 12.7 Å². The number of hydrogen-bond acceptors (Lipinski definition) is 5. The molecule has 0 aliphatic carbocycles. The van der Waals surface area contributed by atoms with Crippen LogP contribution in [0, 0.1) is 13.8 Å². The number of halogens is 1. The Labute approximate surface area is 163 Å². The first kappa shape index (κ1) is 17.3. The fourth-order valence-corrected chi connectivity index (χ4v) is 3.03. The molecule has 136 valence electrons. The van der Waals surface area contributed by atoms with Gasteiger partial charge >= 0.3 is 0 Å². The summed E-state index contributed by atoms with van der Waals surface area (Å²) in [6.07, 6.45) is 1.64. The van der Waals surface area contributed by atoms with E-state index in [1.807, 2.05) is 44.2 Å². The lowest BCUT2D eigenvalue weighted by Gasteiger charge is -2.08. The first-order valence-corrected chi connectivity index (χ1v) is 9.07. The molecule has 0 fully saturated rings. The van der Waals surface area contributed by atoms with Crippen molar-refractivity contribution in [2.24, 2.45) is 0 Å². The Morgan fingerprint density at radius 1 is 1.15 bits per heavy atom. The molecule has 4 aromatic rings. The zero-order valence-corrected chi connectivity index (χ0v) is 16.3. The predicted octanol–water partition coefficient (Wildman–Crippen LogP) is 3.00. The van der Waals surface area contributed by atoms with E-state index >= 15 is 0 Å². The highest BCUT2D eigenvalue weighted by Crippen LogP contribution is 2.15. The Hall–Kier alpha value is -3.07. The van der Waals surface area contributed by atoms with Crippen LogP contribution in [0.4, 0.5) is 5.82 Å². The van der Waals surface area contributed by atoms with Crippen LogP contribution in [0.2, 0.25) is 0 Å². The summed E-state index contributed by atoms with van der Waals surface area (Å²) in [4.78, 5) is 21.1. The number of amides is 1. The van der Waals surface area contributed by atoms with Gasteiger partial charge in [-0.25, -0.2) is 14.2 Å². The van der Waals surface area contributed by atoms with E-state index in [1.165, 1.54) is 0 Å². The third-order valence-corrected chi connectivity index (χ3v) is 4.55. The minimum atomic E-state index is -0.407. The molecule has 3 aromatic heterocycles. The van der Waals surface area contributed by atoms with Gasteiger partial charge in [-0.05, 0) is 37.6 Å². The standard InChI is InChI=1S/C18H16BrN7O/c1-11-9-12(2)26-18(21-11)23-16(24-26)17(27)22-15-7-8-20-25(15)10-13-3-5-14(19)6-4-13/h3-9H,10H2,1-2H3,(H,22,27). The Balaban J connectivity index is 1.56. The van der Waals surface area contributed by atoms with Crippen molar-refractivity contribution in [1.82, 2.24) is 29.4 Å². The van der Waals surface area contributed by atoms with E-state index in [0.717, 1.165) is 21.4 Å². The molecular formula is C18H16BrN7O. The predicted molar refractivity (Wildman–Crippen MR) is 104 cm³/mol. The number of rotatable bonds is 4. The quantitative estimate of drug-likeness (QED) is 0.542. The van der Waals surface area contributed by atoms with Gasteiger partial charge in [0.15, 0.2) is 0 Å². The van der Waals surface area contributed by atoms with Gasteiger partial charge in [0.2, 0.25) is 5.82 Å². The molecule has 0 radical (unpaired) electrons. The molecule has 0 saturated carbocycles. The largest absolute Gasteiger partial charge is 0.304 e. The molecule has 1 amide bonds. The van der Waals surface area contributed by atoms with E-state index in [-0.39, 0.29) is 5.82 Å². The SMILES string of the molecule is Cc1cc(C)n2nc(C(=O)Nc3ccnn3Cc3ccc(Br)cc3)nc2n1. The fourth-order valence-electron chi connectivity index (χ4n) is 2.76. The summed E-state index contributed by atoms with van der Waals surface area (Å²) in [5.74, 6) is 0.631. The Morgan fingerprint density at radius 3 is 2.70 bits per heavy atom. The van der Waals surface area contributed by atoms with Crippen molar-refractivity contribution >= 4 is 33.4 Å². The Kier molecular flexibility index (Phi) is 4.44. The molecule has 0 atom stereocenters. The van der Waals surface area contributed by atoms with Crippen molar-refractivity contribution < 1.29 is 4.79 Å².